The number of hydrogen-bond donors (Lipinski definition) is 1. The van der Waals surface area contributed by atoms with Gasteiger partial charge in [-0.2, -0.15) is 0 Å². The number of rotatable bonds is 6. The molecule has 0 bridgehead atoms. The summed E-state index contributed by atoms with van der Waals surface area (Å²) in [5.74, 6) is -0.298. The molecule has 3 rings (SSSR count). The van der Waals surface area contributed by atoms with Gasteiger partial charge < -0.3 is 19.5 Å². The van der Waals surface area contributed by atoms with E-state index < -0.39 is 5.97 Å². The van der Waals surface area contributed by atoms with E-state index in [1.165, 1.54) is 13.5 Å². The van der Waals surface area contributed by atoms with Gasteiger partial charge in [0.15, 0.2) is 0 Å². The minimum atomic E-state index is -0.410. The third kappa shape index (κ3) is 4.86. The number of aromatic amines is 1. The van der Waals surface area contributed by atoms with Crippen molar-refractivity contribution in [2.45, 2.75) is 46.0 Å². The maximum atomic E-state index is 13.2. The molecule has 2 amide bonds. The Morgan fingerprint density at radius 1 is 0.967 bits per heavy atom. The van der Waals surface area contributed by atoms with Crippen LogP contribution in [0.25, 0.3) is 0 Å². The minimum Gasteiger partial charge on any atom is -0.465 e. The van der Waals surface area contributed by atoms with E-state index in [9.17, 15) is 14.4 Å². The van der Waals surface area contributed by atoms with E-state index >= 15 is 0 Å². The molecule has 2 aliphatic heterocycles. The van der Waals surface area contributed by atoms with Crippen LogP contribution in [0, 0.1) is 6.92 Å². The van der Waals surface area contributed by atoms with Crippen molar-refractivity contribution in [1.82, 2.24) is 19.7 Å². The maximum Gasteiger partial charge on any atom is 0.339 e. The Hall–Kier alpha value is -2.35. The molecule has 1 N–H and O–H groups in total. The fourth-order valence-electron chi connectivity index (χ4n) is 4.44. The van der Waals surface area contributed by atoms with Crippen LogP contribution in [0.1, 0.15) is 64.7 Å². The molecular formula is C22H34N4O4. The number of aromatic nitrogens is 1. The van der Waals surface area contributed by atoms with Crippen molar-refractivity contribution in [3.8, 4) is 0 Å². The average molecular weight is 419 g/mol. The molecule has 1 aromatic rings. The number of piperazine rings is 1. The first-order chi connectivity index (χ1) is 14.5. The van der Waals surface area contributed by atoms with E-state index in [0.29, 0.717) is 56.1 Å². The summed E-state index contributed by atoms with van der Waals surface area (Å²) in [5.41, 5.74) is 2.38. The lowest BCUT2D eigenvalue weighted by Crippen LogP contribution is -2.52. The molecule has 0 radical (unpaired) electrons. The summed E-state index contributed by atoms with van der Waals surface area (Å²) in [6.45, 7) is 8.49. The molecule has 8 nitrogen and oxygen atoms in total. The number of nitrogens with zero attached hydrogens (tertiary/aromatic N) is 3. The second-order valence-electron chi connectivity index (χ2n) is 8.23. The van der Waals surface area contributed by atoms with Gasteiger partial charge in [-0.1, -0.05) is 13.3 Å². The summed E-state index contributed by atoms with van der Waals surface area (Å²) in [6, 6.07) is 0. The van der Waals surface area contributed by atoms with Gasteiger partial charge in [0, 0.05) is 45.0 Å². The van der Waals surface area contributed by atoms with Crippen LogP contribution in [0.4, 0.5) is 0 Å². The standard InChI is InChI=1S/C22H34N4O4/c1-4-8-17-19(22(29)30-3)16(2)23-20(17)21(28)26-13-11-24(12-14-26)15-18(27)25-9-6-5-7-10-25/h23H,4-15H2,1-3H3. The lowest BCUT2D eigenvalue weighted by atomic mass is 10.0. The number of nitrogens with one attached hydrogen (secondary N) is 1. The lowest BCUT2D eigenvalue weighted by Gasteiger charge is -2.36. The van der Waals surface area contributed by atoms with Crippen LogP contribution in [0.2, 0.25) is 0 Å². The highest BCUT2D eigenvalue weighted by molar-refractivity contribution is 6.00. The molecule has 0 aromatic carbocycles. The molecule has 2 saturated heterocycles. The van der Waals surface area contributed by atoms with Crippen molar-refractivity contribution in [3.05, 3.63) is 22.5 Å². The van der Waals surface area contributed by atoms with E-state index in [4.69, 9.17) is 4.74 Å². The third-order valence-electron chi connectivity index (χ3n) is 6.12. The normalized spacial score (nSPS) is 17.8. The summed E-state index contributed by atoms with van der Waals surface area (Å²) in [6.07, 6.45) is 4.86. The van der Waals surface area contributed by atoms with Crippen molar-refractivity contribution < 1.29 is 19.1 Å². The van der Waals surface area contributed by atoms with E-state index in [-0.39, 0.29) is 11.8 Å². The topological polar surface area (TPSA) is 86.0 Å². The zero-order valence-corrected chi connectivity index (χ0v) is 18.5. The number of methoxy groups -OCH3 is 1. The highest BCUT2D eigenvalue weighted by Gasteiger charge is 2.30. The highest BCUT2D eigenvalue weighted by Crippen LogP contribution is 2.23. The Bertz CT molecular complexity index is 774. The summed E-state index contributed by atoms with van der Waals surface area (Å²) < 4.78 is 4.92. The second-order valence-corrected chi connectivity index (χ2v) is 8.23. The van der Waals surface area contributed by atoms with Crippen LogP contribution in [0.3, 0.4) is 0 Å². The number of carbonyl (C=O) groups is 3. The quantitative estimate of drug-likeness (QED) is 0.713. The highest BCUT2D eigenvalue weighted by atomic mass is 16.5. The molecule has 2 aliphatic rings. The lowest BCUT2D eigenvalue weighted by molar-refractivity contribution is -0.133. The van der Waals surface area contributed by atoms with Crippen LogP contribution >= 0.6 is 0 Å². The van der Waals surface area contributed by atoms with Gasteiger partial charge in [-0.3, -0.25) is 14.5 Å². The molecule has 1 aromatic heterocycles. The molecule has 2 fully saturated rings. The number of carbonyl (C=O) groups excluding carboxylic acids is 3. The van der Waals surface area contributed by atoms with Gasteiger partial charge in [-0.05, 0) is 38.2 Å². The van der Waals surface area contributed by atoms with Crippen LogP contribution in [0.5, 0.6) is 0 Å². The number of ether oxygens (including phenoxy) is 1. The Balaban J connectivity index is 1.62. The number of amides is 2. The molecular weight excluding hydrogens is 384 g/mol. The molecule has 8 heteroatoms. The summed E-state index contributed by atoms with van der Waals surface area (Å²) in [5, 5.41) is 0. The van der Waals surface area contributed by atoms with Crippen LogP contribution in [-0.2, 0) is 16.0 Å². The maximum absolute atomic E-state index is 13.2. The fourth-order valence-corrected chi connectivity index (χ4v) is 4.44. The Morgan fingerprint density at radius 3 is 2.23 bits per heavy atom. The number of H-pyrrole nitrogens is 1. The van der Waals surface area contributed by atoms with Crippen molar-refractivity contribution in [2.24, 2.45) is 0 Å². The van der Waals surface area contributed by atoms with Crippen molar-refractivity contribution >= 4 is 17.8 Å². The third-order valence-corrected chi connectivity index (χ3v) is 6.12. The molecule has 0 aliphatic carbocycles. The monoisotopic (exact) mass is 418 g/mol. The summed E-state index contributed by atoms with van der Waals surface area (Å²) >= 11 is 0. The van der Waals surface area contributed by atoms with E-state index in [0.717, 1.165) is 37.9 Å². The second kappa shape index (κ2) is 10.1. The molecule has 30 heavy (non-hydrogen) atoms. The fraction of sp³-hybridized carbons (Fsp3) is 0.682. The molecule has 0 saturated carbocycles. The number of likely N-dealkylation sites (tertiary alicyclic amines) is 1. The van der Waals surface area contributed by atoms with Gasteiger partial charge in [0.2, 0.25) is 5.91 Å². The molecule has 0 atom stereocenters. The van der Waals surface area contributed by atoms with Crippen molar-refractivity contribution in [3.63, 3.8) is 0 Å². The van der Waals surface area contributed by atoms with Gasteiger partial charge in [0.25, 0.3) is 5.91 Å². The van der Waals surface area contributed by atoms with Gasteiger partial charge in [-0.15, -0.1) is 0 Å². The summed E-state index contributed by atoms with van der Waals surface area (Å²) in [4.78, 5) is 47.0. The molecule has 0 spiro atoms. The van der Waals surface area contributed by atoms with E-state index in [1.807, 2.05) is 16.7 Å². The summed E-state index contributed by atoms with van der Waals surface area (Å²) in [7, 11) is 1.36. The molecule has 166 valence electrons. The Kier molecular flexibility index (Phi) is 7.53. The SMILES string of the molecule is CCCc1c(C(=O)N2CCN(CC(=O)N3CCCCC3)CC2)[nH]c(C)c1C(=O)OC. The average Bonchev–Trinajstić information content (AvgIpc) is 3.10. The van der Waals surface area contributed by atoms with Crippen LogP contribution in [-0.4, -0.2) is 90.4 Å². The Labute approximate surface area is 178 Å². The van der Waals surface area contributed by atoms with Gasteiger partial charge in [0.05, 0.1) is 19.2 Å². The first-order valence-electron chi connectivity index (χ1n) is 11.0. The van der Waals surface area contributed by atoms with Gasteiger partial charge in [-0.25, -0.2) is 4.79 Å². The number of aryl methyl sites for hydroxylation is 1. The van der Waals surface area contributed by atoms with Gasteiger partial charge in [0.1, 0.15) is 5.69 Å². The van der Waals surface area contributed by atoms with E-state index in [1.54, 1.807) is 6.92 Å². The van der Waals surface area contributed by atoms with E-state index in [2.05, 4.69) is 9.88 Å². The molecule has 3 heterocycles. The molecule has 0 unspecified atom stereocenters. The zero-order chi connectivity index (χ0) is 21.7. The number of hydrogen-bond acceptors (Lipinski definition) is 5. The Morgan fingerprint density at radius 2 is 1.63 bits per heavy atom. The first-order valence-corrected chi connectivity index (χ1v) is 11.0. The minimum absolute atomic E-state index is 0.0845. The van der Waals surface area contributed by atoms with Crippen molar-refractivity contribution in [1.29, 1.82) is 0 Å². The smallest absolute Gasteiger partial charge is 0.339 e. The predicted octanol–water partition coefficient (Wildman–Crippen LogP) is 1.83. The number of esters is 1. The largest absolute Gasteiger partial charge is 0.465 e. The van der Waals surface area contributed by atoms with Crippen LogP contribution in [0.15, 0.2) is 0 Å². The first kappa shape index (κ1) is 22.3. The zero-order valence-electron chi connectivity index (χ0n) is 18.5. The van der Waals surface area contributed by atoms with Crippen molar-refractivity contribution in [2.75, 3.05) is 52.9 Å². The van der Waals surface area contributed by atoms with Crippen LogP contribution < -0.4 is 0 Å². The number of piperidine rings is 1. The van der Waals surface area contributed by atoms with Gasteiger partial charge >= 0.3 is 5.97 Å². The predicted molar refractivity (Wildman–Crippen MR) is 114 cm³/mol.